The third kappa shape index (κ3) is 3.72. The van der Waals surface area contributed by atoms with Gasteiger partial charge in [-0.3, -0.25) is 9.59 Å². The maximum Gasteiger partial charge on any atom is 0.310 e. The van der Waals surface area contributed by atoms with Gasteiger partial charge in [-0.2, -0.15) is 0 Å². The number of carbonyl (C=O) groups excluding carboxylic acids is 2. The lowest BCUT2D eigenvalue weighted by Crippen LogP contribution is -2.48. The molecule has 0 aromatic rings. The van der Waals surface area contributed by atoms with Gasteiger partial charge in [-0.25, -0.2) is 0 Å². The highest BCUT2D eigenvalue weighted by atomic mass is 16.5. The van der Waals surface area contributed by atoms with Crippen molar-refractivity contribution in [2.24, 2.45) is 11.8 Å². The number of piperidine rings is 2. The molecular weight excluding hydrogens is 256 g/mol. The summed E-state index contributed by atoms with van der Waals surface area (Å²) in [7, 11) is 2.07. The van der Waals surface area contributed by atoms with E-state index in [1.807, 2.05) is 11.8 Å². The van der Waals surface area contributed by atoms with Crippen molar-refractivity contribution >= 4 is 11.9 Å². The van der Waals surface area contributed by atoms with E-state index in [2.05, 4.69) is 11.9 Å². The summed E-state index contributed by atoms with van der Waals surface area (Å²) in [5.74, 6) is 0.0555. The van der Waals surface area contributed by atoms with E-state index >= 15 is 0 Å². The molecule has 0 bridgehead atoms. The van der Waals surface area contributed by atoms with Gasteiger partial charge >= 0.3 is 5.97 Å². The Hall–Kier alpha value is -1.10. The van der Waals surface area contributed by atoms with Crippen molar-refractivity contribution in [1.82, 2.24) is 9.80 Å². The lowest BCUT2D eigenvalue weighted by atomic mass is 9.93. The average Bonchev–Trinajstić information content (AvgIpc) is 2.47. The number of likely N-dealkylation sites (tertiary alicyclic amines) is 2. The molecule has 0 N–H and O–H groups in total. The normalized spacial score (nSPS) is 28.2. The van der Waals surface area contributed by atoms with E-state index in [-0.39, 0.29) is 23.7 Å². The Balaban J connectivity index is 1.91. The second-order valence-electron chi connectivity index (χ2n) is 5.98. The Bertz CT molecular complexity index is 359. The molecule has 0 aromatic carbocycles. The van der Waals surface area contributed by atoms with E-state index < -0.39 is 0 Å². The van der Waals surface area contributed by atoms with Crippen LogP contribution in [-0.4, -0.2) is 61.5 Å². The van der Waals surface area contributed by atoms with Gasteiger partial charge in [-0.1, -0.05) is 0 Å². The van der Waals surface area contributed by atoms with E-state index in [0.717, 1.165) is 45.3 Å². The Morgan fingerprint density at radius 1 is 1.10 bits per heavy atom. The quantitative estimate of drug-likeness (QED) is 0.728. The first-order valence-electron chi connectivity index (χ1n) is 7.75. The van der Waals surface area contributed by atoms with Gasteiger partial charge in [0.05, 0.1) is 18.4 Å². The lowest BCUT2D eigenvalue weighted by Gasteiger charge is -2.36. The highest BCUT2D eigenvalue weighted by molar-refractivity contribution is 5.80. The van der Waals surface area contributed by atoms with Gasteiger partial charge < -0.3 is 14.5 Å². The standard InChI is InChI=1S/C15H26N2O3/c1-3-20-15(19)13-7-5-9-17(11-13)14(18)12-6-4-8-16(2)10-12/h12-13H,3-11H2,1-2H3/t12-,13+/m1/s1. The molecule has 2 saturated heterocycles. The Morgan fingerprint density at radius 3 is 2.50 bits per heavy atom. The molecule has 2 aliphatic heterocycles. The molecule has 5 heteroatoms. The lowest BCUT2D eigenvalue weighted by molar-refractivity contribution is -0.152. The summed E-state index contributed by atoms with van der Waals surface area (Å²) >= 11 is 0. The van der Waals surface area contributed by atoms with Crippen LogP contribution in [0, 0.1) is 11.8 Å². The van der Waals surface area contributed by atoms with Crippen LogP contribution in [0.4, 0.5) is 0 Å². The third-order valence-corrected chi connectivity index (χ3v) is 4.33. The largest absolute Gasteiger partial charge is 0.466 e. The van der Waals surface area contributed by atoms with E-state index in [0.29, 0.717) is 13.2 Å². The van der Waals surface area contributed by atoms with Crippen LogP contribution < -0.4 is 0 Å². The topological polar surface area (TPSA) is 49.9 Å². The molecule has 20 heavy (non-hydrogen) atoms. The second kappa shape index (κ2) is 7.07. The number of hydrogen-bond acceptors (Lipinski definition) is 4. The third-order valence-electron chi connectivity index (χ3n) is 4.33. The number of nitrogens with zero attached hydrogens (tertiary/aromatic N) is 2. The molecule has 114 valence electrons. The monoisotopic (exact) mass is 282 g/mol. The van der Waals surface area contributed by atoms with Crippen LogP contribution in [0.1, 0.15) is 32.6 Å². The zero-order valence-corrected chi connectivity index (χ0v) is 12.6. The molecule has 0 spiro atoms. The summed E-state index contributed by atoms with van der Waals surface area (Å²) in [5.41, 5.74) is 0. The molecule has 0 radical (unpaired) electrons. The van der Waals surface area contributed by atoms with E-state index in [4.69, 9.17) is 4.74 Å². The van der Waals surface area contributed by atoms with Gasteiger partial charge in [-0.05, 0) is 46.2 Å². The first-order chi connectivity index (χ1) is 9.61. The number of carbonyl (C=O) groups is 2. The smallest absolute Gasteiger partial charge is 0.310 e. The van der Waals surface area contributed by atoms with Crippen LogP contribution in [-0.2, 0) is 14.3 Å². The molecule has 2 atom stereocenters. The molecule has 1 amide bonds. The van der Waals surface area contributed by atoms with Gasteiger partial charge in [0, 0.05) is 19.6 Å². The van der Waals surface area contributed by atoms with Crippen LogP contribution in [0.25, 0.3) is 0 Å². The highest BCUT2D eigenvalue weighted by Gasteiger charge is 2.33. The van der Waals surface area contributed by atoms with E-state index in [1.54, 1.807) is 0 Å². The minimum absolute atomic E-state index is 0.106. The van der Waals surface area contributed by atoms with Gasteiger partial charge in [0.2, 0.25) is 5.91 Å². The highest BCUT2D eigenvalue weighted by Crippen LogP contribution is 2.23. The van der Waals surface area contributed by atoms with Crippen molar-refractivity contribution < 1.29 is 14.3 Å². The van der Waals surface area contributed by atoms with Crippen molar-refractivity contribution in [2.45, 2.75) is 32.6 Å². The number of ether oxygens (including phenoxy) is 1. The fraction of sp³-hybridized carbons (Fsp3) is 0.867. The summed E-state index contributed by atoms with van der Waals surface area (Å²) in [5, 5.41) is 0. The van der Waals surface area contributed by atoms with E-state index in [9.17, 15) is 9.59 Å². The van der Waals surface area contributed by atoms with Crippen LogP contribution in [0.3, 0.4) is 0 Å². The Morgan fingerprint density at radius 2 is 1.80 bits per heavy atom. The number of rotatable bonds is 3. The molecular formula is C15H26N2O3. The summed E-state index contributed by atoms with van der Waals surface area (Å²) in [6.07, 6.45) is 3.80. The molecule has 2 heterocycles. The summed E-state index contributed by atoms with van der Waals surface area (Å²) in [4.78, 5) is 28.5. The summed E-state index contributed by atoms with van der Waals surface area (Å²) in [6, 6.07) is 0. The van der Waals surface area contributed by atoms with Crippen LogP contribution in [0.15, 0.2) is 0 Å². The molecule has 2 fully saturated rings. The molecule has 2 aliphatic rings. The molecule has 0 saturated carbocycles. The predicted molar refractivity (Wildman–Crippen MR) is 76.2 cm³/mol. The summed E-state index contributed by atoms with van der Waals surface area (Å²) < 4.78 is 5.09. The maximum atomic E-state index is 12.6. The number of amides is 1. The van der Waals surface area contributed by atoms with Crippen molar-refractivity contribution in [3.05, 3.63) is 0 Å². The van der Waals surface area contributed by atoms with Gasteiger partial charge in [0.15, 0.2) is 0 Å². The van der Waals surface area contributed by atoms with Crippen LogP contribution in [0.5, 0.6) is 0 Å². The molecule has 0 aliphatic carbocycles. The van der Waals surface area contributed by atoms with Crippen LogP contribution in [0.2, 0.25) is 0 Å². The number of hydrogen-bond donors (Lipinski definition) is 0. The molecule has 0 aromatic heterocycles. The first kappa shape index (κ1) is 15.3. The number of esters is 1. The predicted octanol–water partition coefficient (Wildman–Crippen LogP) is 1.13. The molecule has 5 nitrogen and oxygen atoms in total. The van der Waals surface area contributed by atoms with Crippen LogP contribution >= 0.6 is 0 Å². The van der Waals surface area contributed by atoms with Gasteiger partial charge in [-0.15, -0.1) is 0 Å². The fourth-order valence-corrected chi connectivity index (χ4v) is 3.26. The minimum atomic E-state index is -0.147. The Kier molecular flexibility index (Phi) is 5.40. The summed E-state index contributed by atoms with van der Waals surface area (Å²) in [6.45, 7) is 5.49. The zero-order chi connectivity index (χ0) is 14.5. The van der Waals surface area contributed by atoms with Crippen molar-refractivity contribution in [1.29, 1.82) is 0 Å². The van der Waals surface area contributed by atoms with E-state index in [1.165, 1.54) is 0 Å². The zero-order valence-electron chi connectivity index (χ0n) is 12.6. The van der Waals surface area contributed by atoms with Gasteiger partial charge in [0.1, 0.15) is 0 Å². The molecule has 2 rings (SSSR count). The minimum Gasteiger partial charge on any atom is -0.466 e. The fourth-order valence-electron chi connectivity index (χ4n) is 3.26. The molecule has 0 unspecified atom stereocenters. The van der Waals surface area contributed by atoms with Crippen molar-refractivity contribution in [3.63, 3.8) is 0 Å². The maximum absolute atomic E-state index is 12.6. The average molecular weight is 282 g/mol. The first-order valence-corrected chi connectivity index (χ1v) is 7.75. The van der Waals surface area contributed by atoms with Crippen molar-refractivity contribution in [2.75, 3.05) is 39.8 Å². The second-order valence-corrected chi connectivity index (χ2v) is 5.98. The van der Waals surface area contributed by atoms with Crippen molar-refractivity contribution in [3.8, 4) is 0 Å². The Labute approximate surface area is 121 Å². The van der Waals surface area contributed by atoms with Gasteiger partial charge in [0.25, 0.3) is 0 Å². The SMILES string of the molecule is CCOC(=O)[C@H]1CCCN(C(=O)[C@@H]2CCCN(C)C2)C1.